The topological polar surface area (TPSA) is 54.2 Å². The van der Waals surface area contributed by atoms with Crippen LogP contribution in [0.15, 0.2) is 59.9 Å². The average Bonchev–Trinajstić information content (AvgIpc) is 3.25. The summed E-state index contributed by atoms with van der Waals surface area (Å²) >= 11 is 0. The zero-order valence-electron chi connectivity index (χ0n) is 12.7. The third kappa shape index (κ3) is 3.55. The molecule has 1 aromatic heterocycles. The number of nitrogens with zero attached hydrogens (tertiary/aromatic N) is 3. The van der Waals surface area contributed by atoms with Crippen molar-refractivity contribution in [2.75, 3.05) is 7.05 Å². The maximum absolute atomic E-state index is 4.29. The second-order valence-electron chi connectivity index (χ2n) is 5.33. The lowest BCUT2D eigenvalue weighted by Crippen LogP contribution is -2.42. The first kappa shape index (κ1) is 14.4. The van der Waals surface area contributed by atoms with Crippen molar-refractivity contribution < 1.29 is 0 Å². The molecule has 0 bridgehead atoms. The summed E-state index contributed by atoms with van der Waals surface area (Å²) in [6.45, 7) is 0.731. The third-order valence-electron chi connectivity index (χ3n) is 3.71. The molecule has 114 valence electrons. The molecule has 0 aliphatic heterocycles. The Morgan fingerprint density at radius 2 is 2.18 bits per heavy atom. The molecule has 5 nitrogen and oxygen atoms in total. The summed E-state index contributed by atoms with van der Waals surface area (Å²) in [5.41, 5.74) is 2.26. The van der Waals surface area contributed by atoms with E-state index >= 15 is 0 Å². The zero-order chi connectivity index (χ0) is 15.2. The highest BCUT2D eigenvalue weighted by molar-refractivity contribution is 5.80. The fourth-order valence-electron chi connectivity index (χ4n) is 2.54. The number of benzene rings is 1. The number of nitrogens with one attached hydrogen (secondary N) is 2. The van der Waals surface area contributed by atoms with Crippen molar-refractivity contribution in [2.24, 2.45) is 4.99 Å². The van der Waals surface area contributed by atoms with Gasteiger partial charge in [-0.2, -0.15) is 5.10 Å². The van der Waals surface area contributed by atoms with Crippen LogP contribution in [0.3, 0.4) is 0 Å². The van der Waals surface area contributed by atoms with Gasteiger partial charge in [-0.05, 0) is 36.6 Å². The Labute approximate surface area is 130 Å². The van der Waals surface area contributed by atoms with Crippen LogP contribution >= 0.6 is 0 Å². The van der Waals surface area contributed by atoms with Gasteiger partial charge >= 0.3 is 0 Å². The molecule has 0 saturated carbocycles. The van der Waals surface area contributed by atoms with E-state index in [0.29, 0.717) is 6.04 Å². The van der Waals surface area contributed by atoms with Gasteiger partial charge in [0.1, 0.15) is 0 Å². The van der Waals surface area contributed by atoms with Crippen LogP contribution in [-0.4, -0.2) is 28.8 Å². The third-order valence-corrected chi connectivity index (χ3v) is 3.71. The first-order chi connectivity index (χ1) is 10.8. The predicted octanol–water partition coefficient (Wildman–Crippen LogP) is 2.26. The van der Waals surface area contributed by atoms with Crippen LogP contribution in [0.4, 0.5) is 0 Å². The Morgan fingerprint density at radius 3 is 2.91 bits per heavy atom. The van der Waals surface area contributed by atoms with Crippen molar-refractivity contribution in [3.05, 3.63) is 60.4 Å². The van der Waals surface area contributed by atoms with Gasteiger partial charge < -0.3 is 10.6 Å². The largest absolute Gasteiger partial charge is 0.353 e. The van der Waals surface area contributed by atoms with E-state index in [-0.39, 0.29) is 0 Å². The Morgan fingerprint density at radius 1 is 1.32 bits per heavy atom. The van der Waals surface area contributed by atoms with Gasteiger partial charge in [-0.25, -0.2) is 4.68 Å². The highest BCUT2D eigenvalue weighted by atomic mass is 15.3. The molecule has 5 heteroatoms. The van der Waals surface area contributed by atoms with Crippen LogP contribution in [0.25, 0.3) is 5.69 Å². The monoisotopic (exact) mass is 295 g/mol. The van der Waals surface area contributed by atoms with Crippen LogP contribution in [0, 0.1) is 0 Å². The molecule has 0 atom stereocenters. The van der Waals surface area contributed by atoms with Gasteiger partial charge in [-0.15, -0.1) is 0 Å². The molecule has 2 N–H and O–H groups in total. The molecular formula is C17H21N5. The summed E-state index contributed by atoms with van der Waals surface area (Å²) in [5, 5.41) is 11.1. The van der Waals surface area contributed by atoms with E-state index in [4.69, 9.17) is 0 Å². The van der Waals surface area contributed by atoms with Crippen molar-refractivity contribution in [2.45, 2.75) is 25.4 Å². The fourth-order valence-corrected chi connectivity index (χ4v) is 2.54. The van der Waals surface area contributed by atoms with Crippen molar-refractivity contribution in [3.8, 4) is 5.69 Å². The smallest absolute Gasteiger partial charge is 0.191 e. The summed E-state index contributed by atoms with van der Waals surface area (Å²) < 4.78 is 1.86. The lowest BCUT2D eigenvalue weighted by Gasteiger charge is -2.17. The molecule has 1 heterocycles. The number of aliphatic imine (C=N–C) groups is 1. The highest BCUT2D eigenvalue weighted by Crippen LogP contribution is 2.10. The van der Waals surface area contributed by atoms with Gasteiger partial charge in [0.05, 0.1) is 5.69 Å². The Hall–Kier alpha value is -2.56. The van der Waals surface area contributed by atoms with Gasteiger partial charge in [-0.3, -0.25) is 4.99 Å². The van der Waals surface area contributed by atoms with E-state index in [9.17, 15) is 0 Å². The number of rotatable bonds is 4. The number of hydrogen-bond acceptors (Lipinski definition) is 2. The van der Waals surface area contributed by atoms with E-state index in [1.807, 2.05) is 29.1 Å². The summed E-state index contributed by atoms with van der Waals surface area (Å²) in [5.74, 6) is 0.846. The van der Waals surface area contributed by atoms with Crippen LogP contribution < -0.4 is 10.6 Å². The first-order valence-corrected chi connectivity index (χ1v) is 7.56. The maximum atomic E-state index is 4.29. The molecule has 2 aromatic rings. The first-order valence-electron chi connectivity index (χ1n) is 7.56. The summed E-state index contributed by atoms with van der Waals surface area (Å²) in [4.78, 5) is 4.29. The minimum Gasteiger partial charge on any atom is -0.353 e. The van der Waals surface area contributed by atoms with Gasteiger partial charge in [0.25, 0.3) is 0 Å². The standard InChI is InChI=1S/C17H21N5/c1-18-17(21-15-7-2-3-8-15)19-13-14-6-4-9-16(12-14)22-11-5-10-20-22/h2-6,9-12,15H,7-8,13H2,1H3,(H2,18,19,21). The van der Waals surface area contributed by atoms with Crippen molar-refractivity contribution >= 4 is 5.96 Å². The molecule has 22 heavy (non-hydrogen) atoms. The summed E-state index contributed by atoms with van der Waals surface area (Å²) in [7, 11) is 1.80. The molecule has 0 spiro atoms. The van der Waals surface area contributed by atoms with Crippen LogP contribution in [0.5, 0.6) is 0 Å². The molecule has 0 radical (unpaired) electrons. The number of aromatic nitrogens is 2. The van der Waals surface area contributed by atoms with Crippen LogP contribution in [-0.2, 0) is 6.54 Å². The molecule has 3 rings (SSSR count). The highest BCUT2D eigenvalue weighted by Gasteiger charge is 2.11. The summed E-state index contributed by atoms with van der Waals surface area (Å²) in [6.07, 6.45) is 10.3. The van der Waals surface area contributed by atoms with Crippen LogP contribution in [0.1, 0.15) is 18.4 Å². The lowest BCUT2D eigenvalue weighted by atomic mass is 10.2. The zero-order valence-corrected chi connectivity index (χ0v) is 12.7. The maximum Gasteiger partial charge on any atom is 0.191 e. The molecule has 0 saturated heterocycles. The molecule has 1 aliphatic rings. The van der Waals surface area contributed by atoms with Gasteiger partial charge in [0.15, 0.2) is 5.96 Å². The second-order valence-corrected chi connectivity index (χ2v) is 5.33. The second kappa shape index (κ2) is 6.93. The van der Waals surface area contributed by atoms with E-state index in [2.05, 4.69) is 45.0 Å². The van der Waals surface area contributed by atoms with E-state index in [1.54, 1.807) is 13.2 Å². The Bertz CT molecular complexity index is 649. The molecular weight excluding hydrogens is 274 g/mol. The molecule has 0 unspecified atom stereocenters. The lowest BCUT2D eigenvalue weighted by molar-refractivity contribution is 0.633. The van der Waals surface area contributed by atoms with Gasteiger partial charge in [0, 0.05) is 32.0 Å². The fraction of sp³-hybridized carbons (Fsp3) is 0.294. The normalized spacial score (nSPS) is 15.2. The van der Waals surface area contributed by atoms with Crippen LogP contribution in [0.2, 0.25) is 0 Å². The molecule has 1 aliphatic carbocycles. The summed E-state index contributed by atoms with van der Waals surface area (Å²) in [6, 6.07) is 10.7. The number of guanidine groups is 1. The van der Waals surface area contributed by atoms with Crippen molar-refractivity contribution in [1.29, 1.82) is 0 Å². The van der Waals surface area contributed by atoms with Gasteiger partial charge in [-0.1, -0.05) is 24.3 Å². The molecule has 0 fully saturated rings. The quantitative estimate of drug-likeness (QED) is 0.517. The SMILES string of the molecule is CN=C(NCc1cccc(-n2cccn2)c1)NC1CC=CC1. The van der Waals surface area contributed by atoms with E-state index in [1.165, 1.54) is 5.56 Å². The minimum atomic E-state index is 0.460. The molecule has 0 amide bonds. The van der Waals surface area contributed by atoms with Crippen molar-refractivity contribution in [1.82, 2.24) is 20.4 Å². The van der Waals surface area contributed by atoms with E-state index < -0.39 is 0 Å². The predicted molar refractivity (Wildman–Crippen MR) is 89.1 cm³/mol. The molecule has 1 aromatic carbocycles. The Kier molecular flexibility index (Phi) is 4.53. The average molecular weight is 295 g/mol. The minimum absolute atomic E-state index is 0.460. The number of hydrogen-bond donors (Lipinski definition) is 2. The van der Waals surface area contributed by atoms with Gasteiger partial charge in [0.2, 0.25) is 0 Å². The van der Waals surface area contributed by atoms with E-state index in [0.717, 1.165) is 31.0 Å². The van der Waals surface area contributed by atoms with Crippen molar-refractivity contribution in [3.63, 3.8) is 0 Å². The Balaban J connectivity index is 1.59.